The summed E-state index contributed by atoms with van der Waals surface area (Å²) >= 11 is 0. The Bertz CT molecular complexity index is 564. The Balaban J connectivity index is 2.48. The number of pyridine rings is 1. The van der Waals surface area contributed by atoms with Crippen molar-refractivity contribution in [1.82, 2.24) is 4.98 Å². The monoisotopic (exact) mass is 241 g/mol. The molecule has 0 spiro atoms. The van der Waals surface area contributed by atoms with Crippen LogP contribution < -0.4 is 0 Å². The second-order valence-electron chi connectivity index (χ2n) is 4.16. The molecule has 0 aliphatic rings. The molecule has 0 aliphatic carbocycles. The molecule has 0 atom stereocenters. The Morgan fingerprint density at radius 2 is 2.11 bits per heavy atom. The number of aromatic nitrogens is 1. The molecule has 18 heavy (non-hydrogen) atoms. The zero-order valence-electron chi connectivity index (χ0n) is 10.3. The fraction of sp³-hybridized carbons (Fsp3) is 0.200. The van der Waals surface area contributed by atoms with E-state index < -0.39 is 5.97 Å². The van der Waals surface area contributed by atoms with Gasteiger partial charge in [-0.15, -0.1) is 0 Å². The van der Waals surface area contributed by atoms with Crippen molar-refractivity contribution in [3.8, 4) is 11.1 Å². The quantitative estimate of drug-likeness (QED) is 0.892. The van der Waals surface area contributed by atoms with Gasteiger partial charge in [0.05, 0.1) is 0 Å². The maximum absolute atomic E-state index is 11.1. The maximum atomic E-state index is 11.1. The molecule has 0 aliphatic heterocycles. The third-order valence-corrected chi connectivity index (χ3v) is 2.79. The SMILES string of the molecule is CCCc1cccc(-c2cccnc2C(=O)O)c1. The van der Waals surface area contributed by atoms with E-state index in [1.165, 1.54) is 11.8 Å². The smallest absolute Gasteiger partial charge is 0.355 e. The lowest BCUT2D eigenvalue weighted by Gasteiger charge is -2.07. The van der Waals surface area contributed by atoms with Crippen LogP contribution in [0.5, 0.6) is 0 Å². The average Bonchev–Trinajstić information content (AvgIpc) is 2.39. The van der Waals surface area contributed by atoms with Gasteiger partial charge >= 0.3 is 5.97 Å². The van der Waals surface area contributed by atoms with E-state index in [9.17, 15) is 4.79 Å². The van der Waals surface area contributed by atoms with E-state index in [0.29, 0.717) is 5.56 Å². The van der Waals surface area contributed by atoms with Crippen molar-refractivity contribution >= 4 is 5.97 Å². The molecular formula is C15H15NO2. The van der Waals surface area contributed by atoms with Gasteiger partial charge in [0.1, 0.15) is 0 Å². The van der Waals surface area contributed by atoms with Crippen LogP contribution in [0.2, 0.25) is 0 Å². The fourth-order valence-electron chi connectivity index (χ4n) is 1.99. The summed E-state index contributed by atoms with van der Waals surface area (Å²) in [7, 11) is 0. The molecule has 1 heterocycles. The second-order valence-corrected chi connectivity index (χ2v) is 4.16. The fourth-order valence-corrected chi connectivity index (χ4v) is 1.99. The molecule has 0 unspecified atom stereocenters. The summed E-state index contributed by atoms with van der Waals surface area (Å²) in [6.07, 6.45) is 3.57. The molecule has 0 radical (unpaired) electrons. The first kappa shape index (κ1) is 12.3. The number of benzene rings is 1. The standard InChI is InChI=1S/C15H15NO2/c1-2-5-11-6-3-7-12(10-11)13-8-4-9-16-14(13)15(17)18/h3-4,6-10H,2,5H2,1H3,(H,17,18). The lowest BCUT2D eigenvalue weighted by Crippen LogP contribution is -2.02. The highest BCUT2D eigenvalue weighted by atomic mass is 16.4. The third kappa shape index (κ3) is 2.56. The van der Waals surface area contributed by atoms with Crippen LogP contribution in [-0.2, 0) is 6.42 Å². The van der Waals surface area contributed by atoms with Gasteiger partial charge in [-0.25, -0.2) is 9.78 Å². The Morgan fingerprint density at radius 3 is 2.83 bits per heavy atom. The van der Waals surface area contributed by atoms with Crippen molar-refractivity contribution in [2.45, 2.75) is 19.8 Å². The van der Waals surface area contributed by atoms with Crippen LogP contribution in [0, 0.1) is 0 Å². The molecule has 0 saturated heterocycles. The van der Waals surface area contributed by atoms with E-state index in [0.717, 1.165) is 18.4 Å². The van der Waals surface area contributed by atoms with Crippen molar-refractivity contribution in [3.05, 3.63) is 53.9 Å². The van der Waals surface area contributed by atoms with Crippen molar-refractivity contribution in [1.29, 1.82) is 0 Å². The van der Waals surface area contributed by atoms with Crippen LogP contribution in [0.4, 0.5) is 0 Å². The number of hydrogen-bond acceptors (Lipinski definition) is 2. The molecule has 2 aromatic rings. The number of aryl methyl sites for hydroxylation is 1. The molecule has 3 nitrogen and oxygen atoms in total. The molecule has 0 fully saturated rings. The predicted octanol–water partition coefficient (Wildman–Crippen LogP) is 3.40. The molecule has 92 valence electrons. The number of carbonyl (C=O) groups is 1. The van der Waals surface area contributed by atoms with Crippen molar-refractivity contribution in [2.75, 3.05) is 0 Å². The number of nitrogens with zero attached hydrogens (tertiary/aromatic N) is 1. The van der Waals surface area contributed by atoms with Crippen LogP contribution in [0.25, 0.3) is 11.1 Å². The van der Waals surface area contributed by atoms with E-state index >= 15 is 0 Å². The zero-order chi connectivity index (χ0) is 13.0. The summed E-state index contributed by atoms with van der Waals surface area (Å²) in [4.78, 5) is 15.1. The first-order valence-corrected chi connectivity index (χ1v) is 6.00. The summed E-state index contributed by atoms with van der Waals surface area (Å²) in [5, 5.41) is 9.14. The maximum Gasteiger partial charge on any atom is 0.355 e. The molecule has 1 aromatic carbocycles. The minimum Gasteiger partial charge on any atom is -0.476 e. The lowest BCUT2D eigenvalue weighted by molar-refractivity contribution is 0.0691. The normalized spacial score (nSPS) is 10.3. The van der Waals surface area contributed by atoms with E-state index in [2.05, 4.69) is 18.0 Å². The summed E-state index contributed by atoms with van der Waals surface area (Å²) in [6.45, 7) is 2.12. The van der Waals surface area contributed by atoms with Gasteiger partial charge in [0.2, 0.25) is 0 Å². The summed E-state index contributed by atoms with van der Waals surface area (Å²) in [5.74, 6) is -0.994. The van der Waals surface area contributed by atoms with Gasteiger partial charge in [0, 0.05) is 11.8 Å². The summed E-state index contributed by atoms with van der Waals surface area (Å²) < 4.78 is 0. The lowest BCUT2D eigenvalue weighted by atomic mass is 10.00. The molecule has 0 amide bonds. The van der Waals surface area contributed by atoms with Gasteiger partial charge in [-0.1, -0.05) is 43.7 Å². The molecule has 1 N–H and O–H groups in total. The number of hydrogen-bond donors (Lipinski definition) is 1. The summed E-state index contributed by atoms with van der Waals surface area (Å²) in [5.41, 5.74) is 2.90. The van der Waals surface area contributed by atoms with Gasteiger partial charge in [-0.05, 0) is 23.6 Å². The number of carboxylic acid groups (broad SMARTS) is 1. The van der Waals surface area contributed by atoms with Gasteiger partial charge in [0.15, 0.2) is 5.69 Å². The Labute approximate surface area is 106 Å². The number of aromatic carboxylic acids is 1. The Kier molecular flexibility index (Phi) is 3.72. The largest absolute Gasteiger partial charge is 0.476 e. The average molecular weight is 241 g/mol. The van der Waals surface area contributed by atoms with Crippen molar-refractivity contribution < 1.29 is 9.90 Å². The van der Waals surface area contributed by atoms with Crippen LogP contribution >= 0.6 is 0 Å². The zero-order valence-corrected chi connectivity index (χ0v) is 10.3. The van der Waals surface area contributed by atoms with E-state index in [1.54, 1.807) is 12.1 Å². The third-order valence-electron chi connectivity index (χ3n) is 2.79. The number of rotatable bonds is 4. The highest BCUT2D eigenvalue weighted by Gasteiger charge is 2.12. The molecule has 1 aromatic heterocycles. The highest BCUT2D eigenvalue weighted by molar-refractivity contribution is 5.93. The highest BCUT2D eigenvalue weighted by Crippen LogP contribution is 2.23. The van der Waals surface area contributed by atoms with Gasteiger partial charge < -0.3 is 5.11 Å². The minimum absolute atomic E-state index is 0.103. The van der Waals surface area contributed by atoms with E-state index in [4.69, 9.17) is 5.11 Å². The first-order chi connectivity index (χ1) is 8.72. The topological polar surface area (TPSA) is 50.2 Å². The molecule has 0 bridgehead atoms. The van der Waals surface area contributed by atoms with Crippen LogP contribution in [-0.4, -0.2) is 16.1 Å². The second kappa shape index (κ2) is 5.45. The van der Waals surface area contributed by atoms with E-state index in [-0.39, 0.29) is 5.69 Å². The molecular weight excluding hydrogens is 226 g/mol. The molecule has 3 heteroatoms. The molecule has 0 saturated carbocycles. The van der Waals surface area contributed by atoms with Gasteiger partial charge in [-0.2, -0.15) is 0 Å². The Morgan fingerprint density at radius 1 is 1.28 bits per heavy atom. The summed E-state index contributed by atoms with van der Waals surface area (Å²) in [6, 6.07) is 11.5. The van der Waals surface area contributed by atoms with Gasteiger partial charge in [-0.3, -0.25) is 0 Å². The predicted molar refractivity (Wildman–Crippen MR) is 70.6 cm³/mol. The first-order valence-electron chi connectivity index (χ1n) is 6.00. The van der Waals surface area contributed by atoms with Crippen LogP contribution in [0.3, 0.4) is 0 Å². The van der Waals surface area contributed by atoms with Crippen LogP contribution in [0.15, 0.2) is 42.6 Å². The number of carboxylic acids is 1. The van der Waals surface area contributed by atoms with Gasteiger partial charge in [0.25, 0.3) is 0 Å². The Hall–Kier alpha value is -2.16. The van der Waals surface area contributed by atoms with E-state index in [1.807, 2.05) is 18.2 Å². The molecule has 2 rings (SSSR count). The minimum atomic E-state index is -0.994. The van der Waals surface area contributed by atoms with Crippen LogP contribution in [0.1, 0.15) is 29.4 Å². The van der Waals surface area contributed by atoms with Crippen molar-refractivity contribution in [2.24, 2.45) is 0 Å². The van der Waals surface area contributed by atoms with Crippen molar-refractivity contribution in [3.63, 3.8) is 0 Å².